The molecule has 0 radical (unpaired) electrons. The van der Waals surface area contributed by atoms with Crippen LogP contribution in [0.4, 0.5) is 0 Å². The lowest BCUT2D eigenvalue weighted by molar-refractivity contribution is 0.523. The average molecular weight is 244 g/mol. The van der Waals surface area contributed by atoms with Crippen molar-refractivity contribution in [2.24, 2.45) is 0 Å². The lowest BCUT2D eigenvalue weighted by Gasteiger charge is -2.31. The molecule has 0 atom stereocenters. The van der Waals surface area contributed by atoms with Crippen molar-refractivity contribution < 1.29 is 3.48 Å². The summed E-state index contributed by atoms with van der Waals surface area (Å²) in [6.07, 6.45) is 2.64. The highest BCUT2D eigenvalue weighted by molar-refractivity contribution is 6.79. The first-order chi connectivity index (χ1) is 6.80. The number of unbranched alkanes of at least 4 members (excludes halogenated alkanes) is 1. The van der Waals surface area contributed by atoms with Gasteiger partial charge in [-0.15, -0.1) is 0 Å². The van der Waals surface area contributed by atoms with Crippen molar-refractivity contribution in [3.8, 4) is 0 Å². The molecule has 0 saturated heterocycles. The van der Waals surface area contributed by atoms with Gasteiger partial charge in [0.2, 0.25) is 0 Å². The summed E-state index contributed by atoms with van der Waals surface area (Å²) in [7, 11) is -1.35. The summed E-state index contributed by atoms with van der Waals surface area (Å²) in [6, 6.07) is 1.34. The molecule has 0 aromatic carbocycles. The number of hydrogen-bond donors (Lipinski definition) is 0. The molecule has 0 spiro atoms. The van der Waals surface area contributed by atoms with Crippen LogP contribution in [0.1, 0.15) is 47.5 Å². The molecule has 0 bridgehead atoms. The van der Waals surface area contributed by atoms with E-state index in [-0.39, 0.29) is 0 Å². The fourth-order valence-electron chi connectivity index (χ4n) is 2.07. The Kier molecular flexibility index (Phi) is 7.45. The van der Waals surface area contributed by atoms with Crippen LogP contribution in [0.3, 0.4) is 0 Å². The Bertz CT molecular complexity index is 161. The fraction of sp³-hybridized carbons (Fsp3) is 1.00. The molecule has 0 rings (SSSR count). The topological polar surface area (TPSA) is 9.23 Å². The van der Waals surface area contributed by atoms with E-state index < -0.39 is 22.8 Å². The summed E-state index contributed by atoms with van der Waals surface area (Å²) < 4.78 is 8.09. The third-order valence-corrected chi connectivity index (χ3v) is 10.7. The predicted molar refractivity (Wildman–Crippen MR) is 74.2 cm³/mol. The molecule has 0 N–H and O–H groups in total. The van der Waals surface area contributed by atoms with Gasteiger partial charge in [-0.1, -0.05) is 57.0 Å². The lowest BCUT2D eigenvalue weighted by atomic mass is 10.4. The minimum atomic E-state index is -1.35. The fourth-order valence-corrected chi connectivity index (χ4v) is 10.4. The molecular weight excluding hydrogens is 215 g/mol. The van der Waals surface area contributed by atoms with E-state index in [0.717, 1.165) is 9.56 Å². The second kappa shape index (κ2) is 7.12. The van der Waals surface area contributed by atoms with Gasteiger partial charge in [0.15, 0.2) is 8.32 Å². The molecule has 0 aliphatic rings. The van der Waals surface area contributed by atoms with Gasteiger partial charge in [-0.3, -0.25) is 0 Å². The summed E-state index contributed by atoms with van der Waals surface area (Å²) in [5.74, 6) is 0. The zero-order chi connectivity index (χ0) is 12.1. The van der Waals surface area contributed by atoms with Crippen LogP contribution in [0.5, 0.6) is 0 Å². The first-order valence-electron chi connectivity index (χ1n) is 6.48. The first-order valence-corrected chi connectivity index (χ1v) is 11.4. The highest BCUT2D eigenvalue weighted by Crippen LogP contribution is 2.26. The van der Waals surface area contributed by atoms with E-state index in [0.29, 0.717) is 0 Å². The van der Waals surface area contributed by atoms with Crippen molar-refractivity contribution in [2.45, 2.75) is 76.2 Å². The molecule has 90 valence electrons. The van der Waals surface area contributed by atoms with Crippen LogP contribution in [0, 0.1) is 0 Å². The minimum absolute atomic E-state index is 0.776. The zero-order valence-corrected chi connectivity index (χ0v) is 13.9. The van der Waals surface area contributed by atoms with Crippen molar-refractivity contribution in [2.75, 3.05) is 0 Å². The van der Waals surface area contributed by atoms with Crippen LogP contribution in [0.2, 0.25) is 28.7 Å². The van der Waals surface area contributed by atoms with E-state index in [2.05, 4.69) is 47.7 Å². The van der Waals surface area contributed by atoms with Gasteiger partial charge in [-0.2, -0.15) is 0 Å². The van der Waals surface area contributed by atoms with Gasteiger partial charge < -0.3 is 3.48 Å². The lowest BCUT2D eigenvalue weighted by Crippen LogP contribution is -2.40. The Balaban J connectivity index is 4.25. The molecule has 0 fully saturated rings. The Hall–Kier alpha value is 0.709. The van der Waals surface area contributed by atoms with Crippen molar-refractivity contribution in [1.29, 1.82) is 0 Å². The maximum atomic E-state index is 6.54. The maximum Gasteiger partial charge on any atom is 0.455 e. The molecule has 0 aromatic rings. The molecule has 0 saturated carbocycles. The molecule has 1 nitrogen and oxygen atoms in total. The highest BCUT2D eigenvalue weighted by atomic mass is 28.4. The smallest absolute Gasteiger partial charge is 0.455 e. The first kappa shape index (κ1) is 15.7. The Morgan fingerprint density at radius 3 is 1.87 bits per heavy atom. The Morgan fingerprint density at radius 2 is 1.53 bits per heavy atom. The van der Waals surface area contributed by atoms with Crippen LogP contribution in [0.25, 0.3) is 0 Å². The molecule has 0 heterocycles. The third-order valence-electron chi connectivity index (χ3n) is 2.90. The van der Waals surface area contributed by atoms with Crippen molar-refractivity contribution in [1.82, 2.24) is 0 Å². The summed E-state index contributed by atoms with van der Waals surface area (Å²) in [6.45, 7) is 16.4. The molecule has 0 aliphatic carbocycles. The SMILES string of the molecule is CCCC[Si](C)(C)[O][Al]([CH](C)C)[CH](C)C. The van der Waals surface area contributed by atoms with Gasteiger partial charge in [-0.25, -0.2) is 0 Å². The summed E-state index contributed by atoms with van der Waals surface area (Å²) in [4.78, 5) is 0. The van der Waals surface area contributed by atoms with E-state index in [4.69, 9.17) is 3.48 Å². The van der Waals surface area contributed by atoms with E-state index in [9.17, 15) is 0 Å². The molecule has 0 aromatic heterocycles. The maximum absolute atomic E-state index is 6.54. The van der Waals surface area contributed by atoms with Crippen LogP contribution in [-0.2, 0) is 3.48 Å². The van der Waals surface area contributed by atoms with E-state index >= 15 is 0 Å². The summed E-state index contributed by atoms with van der Waals surface area (Å²) in [5, 5.41) is 0. The largest absolute Gasteiger partial charge is 0.545 e. The third kappa shape index (κ3) is 6.79. The molecule has 0 aliphatic heterocycles. The second-order valence-corrected chi connectivity index (χ2v) is 14.5. The molecular formula is C12H29AlOSi. The molecule has 3 heteroatoms. The van der Waals surface area contributed by atoms with Crippen LogP contribution >= 0.6 is 0 Å². The average Bonchev–Trinajstić information content (AvgIpc) is 2.10. The van der Waals surface area contributed by atoms with E-state index in [1.165, 1.54) is 18.9 Å². The van der Waals surface area contributed by atoms with Gasteiger partial charge in [0, 0.05) is 0 Å². The van der Waals surface area contributed by atoms with Crippen LogP contribution in [-0.4, -0.2) is 22.8 Å². The predicted octanol–water partition coefficient (Wildman–Crippen LogP) is 4.82. The quantitative estimate of drug-likeness (QED) is 0.583. The second-order valence-electron chi connectivity index (χ2n) is 5.93. The zero-order valence-electron chi connectivity index (χ0n) is 11.8. The summed E-state index contributed by atoms with van der Waals surface area (Å²) in [5.41, 5.74) is 0. The van der Waals surface area contributed by atoms with E-state index in [1.807, 2.05) is 0 Å². The number of rotatable bonds is 7. The van der Waals surface area contributed by atoms with E-state index in [1.54, 1.807) is 0 Å². The minimum Gasteiger partial charge on any atom is -0.545 e. The standard InChI is InChI=1S/C6H15OSi.2C3H7.Al/c1-4-5-6-8(2,3)7;2*1-3-2;/h4-6H2,1-3H3;2*3H,1-2H3;/q-1;;;+1. The monoisotopic (exact) mass is 244 g/mol. The Morgan fingerprint density at radius 1 is 1.07 bits per heavy atom. The van der Waals surface area contributed by atoms with Crippen molar-refractivity contribution >= 4 is 22.8 Å². The van der Waals surface area contributed by atoms with Gasteiger partial charge in [-0.05, 0) is 19.1 Å². The van der Waals surface area contributed by atoms with Crippen molar-refractivity contribution in [3.63, 3.8) is 0 Å². The molecule has 0 amide bonds. The number of hydrogen-bond acceptors (Lipinski definition) is 1. The van der Waals surface area contributed by atoms with Gasteiger partial charge in [0.1, 0.15) is 0 Å². The molecule has 15 heavy (non-hydrogen) atoms. The molecule has 0 unspecified atom stereocenters. The van der Waals surface area contributed by atoms with Gasteiger partial charge in [0.25, 0.3) is 0 Å². The normalized spacial score (nSPS) is 12.6. The van der Waals surface area contributed by atoms with Crippen molar-refractivity contribution in [3.05, 3.63) is 0 Å². The van der Waals surface area contributed by atoms with Gasteiger partial charge in [0.05, 0.1) is 0 Å². The highest BCUT2D eigenvalue weighted by Gasteiger charge is 2.35. The van der Waals surface area contributed by atoms with Gasteiger partial charge >= 0.3 is 14.5 Å². The van der Waals surface area contributed by atoms with Crippen LogP contribution in [0.15, 0.2) is 0 Å². The van der Waals surface area contributed by atoms with Crippen LogP contribution < -0.4 is 0 Å². The summed E-state index contributed by atoms with van der Waals surface area (Å²) >= 11 is -0.986. The Labute approximate surface area is 102 Å².